The molecule has 0 saturated heterocycles. The summed E-state index contributed by atoms with van der Waals surface area (Å²) < 4.78 is 24.9. The molecular weight excluding hydrogens is 387 g/mol. The molecule has 30 heavy (non-hydrogen) atoms. The minimum atomic E-state index is -0.432. The predicted molar refractivity (Wildman–Crippen MR) is 114 cm³/mol. The lowest BCUT2D eigenvalue weighted by Crippen LogP contribution is -2.06. The number of nitro groups is 1. The molecule has 0 spiro atoms. The summed E-state index contributed by atoms with van der Waals surface area (Å²) in [6.45, 7) is 2.74. The number of halogens is 1. The van der Waals surface area contributed by atoms with E-state index in [1.54, 1.807) is 49.6 Å². The molecule has 0 fully saturated rings. The van der Waals surface area contributed by atoms with Gasteiger partial charge in [-0.1, -0.05) is 36.4 Å². The third-order valence-electron chi connectivity index (χ3n) is 4.65. The van der Waals surface area contributed by atoms with E-state index in [0.717, 1.165) is 5.56 Å². The Balaban J connectivity index is 1.85. The van der Waals surface area contributed by atoms with Crippen molar-refractivity contribution in [2.75, 3.05) is 19.0 Å². The second-order valence-electron chi connectivity index (χ2n) is 6.61. The first-order valence-corrected chi connectivity index (χ1v) is 9.56. The summed E-state index contributed by atoms with van der Waals surface area (Å²) in [7, 11) is 1.57. The highest BCUT2D eigenvalue weighted by molar-refractivity contribution is 5.66. The fourth-order valence-corrected chi connectivity index (χ4v) is 3.24. The number of benzene rings is 3. The largest absolute Gasteiger partial charge is 0.493 e. The zero-order chi connectivity index (χ0) is 21.5. The molecule has 0 aromatic heterocycles. The van der Waals surface area contributed by atoms with E-state index in [9.17, 15) is 14.5 Å². The summed E-state index contributed by atoms with van der Waals surface area (Å²) in [5, 5.41) is 14.9. The molecule has 3 aromatic carbocycles. The summed E-state index contributed by atoms with van der Waals surface area (Å²) in [4.78, 5) is 11.4. The lowest BCUT2D eigenvalue weighted by molar-refractivity contribution is -0.384. The Morgan fingerprint density at radius 2 is 1.80 bits per heavy atom. The Morgan fingerprint density at radius 3 is 2.50 bits per heavy atom. The van der Waals surface area contributed by atoms with Crippen LogP contribution in [-0.2, 0) is 13.0 Å². The van der Waals surface area contributed by atoms with Crippen molar-refractivity contribution >= 4 is 11.4 Å². The number of methoxy groups -OCH3 is 1. The highest BCUT2D eigenvalue weighted by Crippen LogP contribution is 2.32. The van der Waals surface area contributed by atoms with E-state index in [4.69, 9.17) is 9.47 Å². The molecule has 3 rings (SSSR count). The Morgan fingerprint density at radius 1 is 1.03 bits per heavy atom. The van der Waals surface area contributed by atoms with Gasteiger partial charge in [-0.3, -0.25) is 10.1 Å². The van der Waals surface area contributed by atoms with Crippen molar-refractivity contribution in [3.05, 3.63) is 93.3 Å². The van der Waals surface area contributed by atoms with Gasteiger partial charge in [0, 0.05) is 18.5 Å². The van der Waals surface area contributed by atoms with Crippen LogP contribution in [0.15, 0.2) is 60.7 Å². The molecule has 7 heteroatoms. The zero-order valence-electron chi connectivity index (χ0n) is 16.9. The zero-order valence-corrected chi connectivity index (χ0v) is 16.9. The van der Waals surface area contributed by atoms with Gasteiger partial charge < -0.3 is 14.8 Å². The Bertz CT molecular complexity index is 1040. The number of para-hydroxylation sites is 1. The van der Waals surface area contributed by atoms with Gasteiger partial charge in [-0.25, -0.2) is 4.39 Å². The number of anilines is 1. The summed E-state index contributed by atoms with van der Waals surface area (Å²) in [6.07, 6.45) is 0.134. The van der Waals surface area contributed by atoms with E-state index < -0.39 is 4.92 Å². The molecule has 3 aromatic rings. The third kappa shape index (κ3) is 4.86. The van der Waals surface area contributed by atoms with Crippen LogP contribution in [0.1, 0.15) is 23.6 Å². The van der Waals surface area contributed by atoms with E-state index in [2.05, 4.69) is 5.32 Å². The van der Waals surface area contributed by atoms with E-state index in [-0.39, 0.29) is 17.9 Å². The molecule has 0 aliphatic heterocycles. The number of nitro benzene ring substituents is 1. The topological polar surface area (TPSA) is 73.6 Å². The van der Waals surface area contributed by atoms with E-state index >= 15 is 0 Å². The maximum absolute atomic E-state index is 14.0. The summed E-state index contributed by atoms with van der Waals surface area (Å²) in [5.41, 5.74) is 2.06. The molecular formula is C23H23FN2O4. The third-order valence-corrected chi connectivity index (χ3v) is 4.65. The predicted octanol–water partition coefficient (Wildman–Crippen LogP) is 5.34. The van der Waals surface area contributed by atoms with Crippen LogP contribution < -0.4 is 14.8 Å². The van der Waals surface area contributed by atoms with E-state index in [1.807, 2.05) is 19.1 Å². The van der Waals surface area contributed by atoms with Crippen molar-refractivity contribution in [1.82, 2.24) is 0 Å². The molecule has 0 heterocycles. The number of rotatable bonds is 9. The average Bonchev–Trinajstić information content (AvgIpc) is 2.74. The fourth-order valence-electron chi connectivity index (χ4n) is 3.24. The second-order valence-corrected chi connectivity index (χ2v) is 6.61. The molecule has 0 saturated carbocycles. The second kappa shape index (κ2) is 9.73. The number of nitrogens with one attached hydrogen (secondary N) is 1. The van der Waals surface area contributed by atoms with E-state index in [1.165, 1.54) is 6.07 Å². The first-order valence-electron chi connectivity index (χ1n) is 9.56. The van der Waals surface area contributed by atoms with Crippen LogP contribution in [0.4, 0.5) is 15.8 Å². The number of nitrogens with zero attached hydrogens (tertiary/aromatic N) is 1. The van der Waals surface area contributed by atoms with Gasteiger partial charge in [0.25, 0.3) is 5.69 Å². The van der Waals surface area contributed by atoms with Crippen LogP contribution in [0.25, 0.3) is 0 Å². The van der Waals surface area contributed by atoms with Crippen molar-refractivity contribution in [2.45, 2.75) is 19.9 Å². The van der Waals surface area contributed by atoms with Crippen molar-refractivity contribution < 1.29 is 18.8 Å². The van der Waals surface area contributed by atoms with Crippen molar-refractivity contribution in [2.24, 2.45) is 0 Å². The molecule has 6 nitrogen and oxygen atoms in total. The van der Waals surface area contributed by atoms with Gasteiger partial charge in [-0.2, -0.15) is 0 Å². The van der Waals surface area contributed by atoms with E-state index in [0.29, 0.717) is 41.5 Å². The first kappa shape index (κ1) is 21.1. The normalized spacial score (nSPS) is 10.5. The first-order chi connectivity index (χ1) is 14.5. The van der Waals surface area contributed by atoms with Crippen LogP contribution in [-0.4, -0.2) is 18.6 Å². The van der Waals surface area contributed by atoms with Gasteiger partial charge >= 0.3 is 0 Å². The van der Waals surface area contributed by atoms with Gasteiger partial charge in [0.2, 0.25) is 0 Å². The van der Waals surface area contributed by atoms with Gasteiger partial charge in [0.05, 0.1) is 18.6 Å². The maximum Gasteiger partial charge on any atom is 0.295 e. The number of hydrogen-bond acceptors (Lipinski definition) is 5. The molecule has 0 aliphatic rings. The molecule has 156 valence electrons. The van der Waals surface area contributed by atoms with Crippen molar-refractivity contribution in [3.8, 4) is 11.5 Å². The lowest BCUT2D eigenvalue weighted by atomic mass is 10.0. The lowest BCUT2D eigenvalue weighted by Gasteiger charge is -2.13. The Hall–Kier alpha value is -3.61. The van der Waals surface area contributed by atoms with Gasteiger partial charge in [-0.05, 0) is 42.3 Å². The van der Waals surface area contributed by atoms with Crippen molar-refractivity contribution in [1.29, 1.82) is 0 Å². The highest BCUT2D eigenvalue weighted by Gasteiger charge is 2.20. The van der Waals surface area contributed by atoms with Gasteiger partial charge in [-0.15, -0.1) is 0 Å². The van der Waals surface area contributed by atoms with Gasteiger partial charge in [0.1, 0.15) is 11.5 Å². The van der Waals surface area contributed by atoms with Crippen molar-refractivity contribution in [3.63, 3.8) is 0 Å². The Kier molecular flexibility index (Phi) is 6.85. The molecule has 0 atom stereocenters. The monoisotopic (exact) mass is 410 g/mol. The number of hydrogen-bond donors (Lipinski definition) is 1. The summed E-state index contributed by atoms with van der Waals surface area (Å²) >= 11 is 0. The van der Waals surface area contributed by atoms with Crippen LogP contribution in [0, 0.1) is 15.9 Å². The standard InChI is InChI=1S/C23H23FN2O4/c1-3-30-22-13-16(11-12-21(22)29-2)15-25-20-10-6-8-18(23(20)26(27)28)14-17-7-4-5-9-19(17)24/h4-13,25H,3,14-15H2,1-2H3. The van der Waals surface area contributed by atoms with Crippen LogP contribution in [0.5, 0.6) is 11.5 Å². The quantitative estimate of drug-likeness (QED) is 0.381. The molecule has 0 radical (unpaired) electrons. The van der Waals surface area contributed by atoms with Gasteiger partial charge in [0.15, 0.2) is 11.5 Å². The molecule has 0 aliphatic carbocycles. The molecule has 0 bridgehead atoms. The average molecular weight is 410 g/mol. The van der Waals surface area contributed by atoms with Crippen LogP contribution >= 0.6 is 0 Å². The minimum absolute atomic E-state index is 0.0562. The fraction of sp³-hybridized carbons (Fsp3) is 0.217. The molecule has 1 N–H and O–H groups in total. The molecule has 0 amide bonds. The van der Waals surface area contributed by atoms with Crippen LogP contribution in [0.3, 0.4) is 0 Å². The smallest absolute Gasteiger partial charge is 0.295 e. The summed E-state index contributed by atoms with van der Waals surface area (Å²) in [5.74, 6) is 0.854. The SMILES string of the molecule is CCOc1cc(CNc2cccc(Cc3ccccc3F)c2[N+](=O)[O-])ccc1OC. The highest BCUT2D eigenvalue weighted by atomic mass is 19.1. The number of ether oxygens (including phenoxy) is 2. The minimum Gasteiger partial charge on any atom is -0.493 e. The van der Waals surface area contributed by atoms with Crippen LogP contribution in [0.2, 0.25) is 0 Å². The molecule has 0 unspecified atom stereocenters. The maximum atomic E-state index is 14.0. The summed E-state index contributed by atoms with van der Waals surface area (Å²) in [6, 6.07) is 16.8. The Labute approximate surface area is 174 Å².